The van der Waals surface area contributed by atoms with Crippen molar-refractivity contribution in [3.8, 4) is 11.3 Å². The molecule has 0 aliphatic carbocycles. The molecule has 2 N–H and O–H groups in total. The standard InChI is InChI=1S/C16H17BrN4S/c1-10-9-22-16(20-10)11(2)18-8-15-19-7-14(21-15)12-4-3-5-13(17)6-12/h3-7,9,11,18H,8H2,1-2H3,(H,19,21). The van der Waals surface area contributed by atoms with Gasteiger partial charge in [0.05, 0.1) is 24.5 Å². The van der Waals surface area contributed by atoms with Crippen molar-refractivity contribution in [1.82, 2.24) is 20.3 Å². The SMILES string of the molecule is Cc1csc(C(C)NCc2ncc(-c3cccc(Br)c3)[nH]2)n1. The minimum absolute atomic E-state index is 0.220. The molecule has 3 rings (SSSR count). The molecule has 1 aromatic carbocycles. The topological polar surface area (TPSA) is 53.6 Å². The highest BCUT2D eigenvalue weighted by Gasteiger charge is 2.10. The first-order valence-corrected chi connectivity index (χ1v) is 8.74. The van der Waals surface area contributed by atoms with Gasteiger partial charge in [-0.1, -0.05) is 28.1 Å². The van der Waals surface area contributed by atoms with Crippen molar-refractivity contribution in [3.63, 3.8) is 0 Å². The van der Waals surface area contributed by atoms with Crippen LogP contribution in [0.2, 0.25) is 0 Å². The van der Waals surface area contributed by atoms with E-state index in [4.69, 9.17) is 0 Å². The lowest BCUT2D eigenvalue weighted by Crippen LogP contribution is -2.18. The quantitative estimate of drug-likeness (QED) is 0.691. The molecule has 0 saturated carbocycles. The van der Waals surface area contributed by atoms with Crippen LogP contribution in [0.4, 0.5) is 0 Å². The Labute approximate surface area is 142 Å². The molecule has 22 heavy (non-hydrogen) atoms. The first-order valence-electron chi connectivity index (χ1n) is 7.07. The Morgan fingerprint density at radius 1 is 1.41 bits per heavy atom. The van der Waals surface area contributed by atoms with Gasteiger partial charge in [0, 0.05) is 21.1 Å². The van der Waals surface area contributed by atoms with Crippen molar-refractivity contribution in [2.24, 2.45) is 0 Å². The number of halogens is 1. The smallest absolute Gasteiger partial charge is 0.120 e. The predicted octanol–water partition coefficient (Wildman–Crippen LogP) is 4.45. The molecule has 1 atom stereocenters. The molecular weight excluding hydrogens is 360 g/mol. The van der Waals surface area contributed by atoms with Crippen LogP contribution in [-0.4, -0.2) is 15.0 Å². The van der Waals surface area contributed by atoms with E-state index in [0.29, 0.717) is 6.54 Å². The molecular formula is C16H17BrN4S. The van der Waals surface area contributed by atoms with Gasteiger partial charge in [0.15, 0.2) is 0 Å². The molecule has 0 amide bonds. The molecule has 0 aliphatic heterocycles. The number of aryl methyl sites for hydroxylation is 1. The molecule has 4 nitrogen and oxygen atoms in total. The van der Waals surface area contributed by atoms with Crippen LogP contribution < -0.4 is 5.32 Å². The fourth-order valence-corrected chi connectivity index (χ4v) is 3.39. The van der Waals surface area contributed by atoms with Crippen LogP contribution in [0.3, 0.4) is 0 Å². The minimum atomic E-state index is 0.220. The number of thiazole rings is 1. The lowest BCUT2D eigenvalue weighted by molar-refractivity contribution is 0.559. The van der Waals surface area contributed by atoms with E-state index in [0.717, 1.165) is 32.3 Å². The highest BCUT2D eigenvalue weighted by atomic mass is 79.9. The fourth-order valence-electron chi connectivity index (χ4n) is 2.16. The highest BCUT2D eigenvalue weighted by molar-refractivity contribution is 9.10. The molecule has 3 aromatic rings. The van der Waals surface area contributed by atoms with Crippen LogP contribution in [0.1, 0.15) is 29.5 Å². The van der Waals surface area contributed by atoms with Gasteiger partial charge in [-0.2, -0.15) is 0 Å². The van der Waals surface area contributed by atoms with E-state index in [-0.39, 0.29) is 6.04 Å². The van der Waals surface area contributed by atoms with Gasteiger partial charge in [-0.15, -0.1) is 11.3 Å². The zero-order valence-corrected chi connectivity index (χ0v) is 14.8. The number of imidazole rings is 1. The van der Waals surface area contributed by atoms with Crippen molar-refractivity contribution < 1.29 is 0 Å². The minimum Gasteiger partial charge on any atom is -0.341 e. The third-order valence-corrected chi connectivity index (χ3v) is 4.99. The molecule has 0 aliphatic rings. The maximum absolute atomic E-state index is 4.51. The van der Waals surface area contributed by atoms with E-state index in [2.05, 4.69) is 60.6 Å². The zero-order chi connectivity index (χ0) is 15.5. The van der Waals surface area contributed by atoms with Crippen LogP contribution in [0.5, 0.6) is 0 Å². The summed E-state index contributed by atoms with van der Waals surface area (Å²) < 4.78 is 1.06. The maximum atomic E-state index is 4.51. The van der Waals surface area contributed by atoms with Crippen LogP contribution in [0.25, 0.3) is 11.3 Å². The number of rotatable bonds is 5. The Hall–Kier alpha value is -1.50. The molecule has 0 fully saturated rings. The number of aromatic amines is 1. The second-order valence-electron chi connectivity index (χ2n) is 5.18. The average Bonchev–Trinajstić information content (AvgIpc) is 3.14. The average molecular weight is 377 g/mol. The molecule has 0 spiro atoms. The van der Waals surface area contributed by atoms with Crippen molar-refractivity contribution >= 4 is 27.3 Å². The van der Waals surface area contributed by atoms with Crippen LogP contribution >= 0.6 is 27.3 Å². The van der Waals surface area contributed by atoms with Gasteiger partial charge in [-0.3, -0.25) is 0 Å². The number of aromatic nitrogens is 3. The van der Waals surface area contributed by atoms with Crippen molar-refractivity contribution in [1.29, 1.82) is 0 Å². The molecule has 0 radical (unpaired) electrons. The normalized spacial score (nSPS) is 12.5. The van der Waals surface area contributed by atoms with Gasteiger partial charge in [0.1, 0.15) is 10.8 Å². The largest absolute Gasteiger partial charge is 0.341 e. The molecule has 114 valence electrons. The molecule has 2 aromatic heterocycles. The van der Waals surface area contributed by atoms with Gasteiger partial charge >= 0.3 is 0 Å². The van der Waals surface area contributed by atoms with Crippen molar-refractivity contribution in [3.05, 3.63) is 56.8 Å². The van der Waals surface area contributed by atoms with E-state index in [1.165, 1.54) is 0 Å². The summed E-state index contributed by atoms with van der Waals surface area (Å²) >= 11 is 5.18. The number of benzene rings is 1. The summed E-state index contributed by atoms with van der Waals surface area (Å²) in [4.78, 5) is 12.3. The first-order chi connectivity index (χ1) is 10.6. The molecule has 0 bridgehead atoms. The molecule has 1 unspecified atom stereocenters. The monoisotopic (exact) mass is 376 g/mol. The predicted molar refractivity (Wildman–Crippen MR) is 93.8 cm³/mol. The van der Waals surface area contributed by atoms with Gasteiger partial charge in [-0.05, 0) is 26.0 Å². The second-order valence-corrected chi connectivity index (χ2v) is 6.99. The van der Waals surface area contributed by atoms with E-state index in [1.807, 2.05) is 25.3 Å². The summed E-state index contributed by atoms with van der Waals surface area (Å²) in [6, 6.07) is 8.39. The number of nitrogens with one attached hydrogen (secondary N) is 2. The van der Waals surface area contributed by atoms with Gasteiger partial charge in [0.2, 0.25) is 0 Å². The Morgan fingerprint density at radius 2 is 2.27 bits per heavy atom. The Bertz CT molecular complexity index is 765. The number of hydrogen-bond donors (Lipinski definition) is 2. The van der Waals surface area contributed by atoms with E-state index in [1.54, 1.807) is 11.3 Å². The third kappa shape index (κ3) is 3.63. The molecule has 0 saturated heterocycles. The zero-order valence-electron chi connectivity index (χ0n) is 12.4. The van der Waals surface area contributed by atoms with E-state index in [9.17, 15) is 0 Å². The summed E-state index contributed by atoms with van der Waals surface area (Å²) in [5, 5.41) is 6.63. The summed E-state index contributed by atoms with van der Waals surface area (Å²) in [5.41, 5.74) is 3.22. The van der Waals surface area contributed by atoms with Crippen molar-refractivity contribution in [2.45, 2.75) is 26.4 Å². The van der Waals surface area contributed by atoms with E-state index >= 15 is 0 Å². The summed E-state index contributed by atoms with van der Waals surface area (Å²) in [7, 11) is 0. The van der Waals surface area contributed by atoms with Crippen molar-refractivity contribution in [2.75, 3.05) is 0 Å². The number of nitrogens with zero attached hydrogens (tertiary/aromatic N) is 2. The maximum Gasteiger partial charge on any atom is 0.120 e. The van der Waals surface area contributed by atoms with Crippen LogP contribution in [-0.2, 0) is 6.54 Å². The highest BCUT2D eigenvalue weighted by Crippen LogP contribution is 2.22. The van der Waals surface area contributed by atoms with Gasteiger partial charge in [0.25, 0.3) is 0 Å². The third-order valence-electron chi connectivity index (χ3n) is 3.35. The lowest BCUT2D eigenvalue weighted by atomic mass is 10.2. The summed E-state index contributed by atoms with van der Waals surface area (Å²) in [6.07, 6.45) is 1.87. The number of hydrogen-bond acceptors (Lipinski definition) is 4. The fraction of sp³-hybridized carbons (Fsp3) is 0.250. The number of H-pyrrole nitrogens is 1. The Morgan fingerprint density at radius 3 is 3.00 bits per heavy atom. The van der Waals surface area contributed by atoms with Crippen LogP contribution in [0, 0.1) is 6.92 Å². The molecule has 2 heterocycles. The summed E-state index contributed by atoms with van der Waals surface area (Å²) in [6.45, 7) is 4.83. The van der Waals surface area contributed by atoms with Crippen LogP contribution in [0.15, 0.2) is 40.3 Å². The van der Waals surface area contributed by atoms with E-state index < -0.39 is 0 Å². The lowest BCUT2D eigenvalue weighted by Gasteiger charge is -2.09. The second kappa shape index (κ2) is 6.73. The Balaban J connectivity index is 1.65. The van der Waals surface area contributed by atoms with Gasteiger partial charge in [-0.25, -0.2) is 9.97 Å². The first kappa shape index (κ1) is 15.4. The van der Waals surface area contributed by atoms with Gasteiger partial charge < -0.3 is 10.3 Å². The molecule has 6 heteroatoms. The summed E-state index contributed by atoms with van der Waals surface area (Å²) in [5.74, 6) is 0.926. The Kier molecular flexibility index (Phi) is 4.71.